The van der Waals surface area contributed by atoms with E-state index in [9.17, 15) is 10.1 Å². The summed E-state index contributed by atoms with van der Waals surface area (Å²) < 4.78 is 5.56. The predicted octanol–water partition coefficient (Wildman–Crippen LogP) is 3.74. The summed E-state index contributed by atoms with van der Waals surface area (Å²) in [5.74, 6) is 0. The van der Waals surface area contributed by atoms with Crippen LogP contribution in [0, 0.1) is 17.0 Å². The van der Waals surface area contributed by atoms with E-state index >= 15 is 0 Å². The molecule has 1 heterocycles. The number of nitrogens with zero attached hydrogens (tertiary/aromatic N) is 2. The summed E-state index contributed by atoms with van der Waals surface area (Å²) in [6, 6.07) is 6.21. The number of nitro benzene ring substituents is 1. The fourth-order valence-corrected chi connectivity index (χ4v) is 4.22. The second-order valence-electron chi connectivity index (χ2n) is 7.41. The number of ether oxygens (including phenoxy) is 1. The van der Waals surface area contributed by atoms with Gasteiger partial charge >= 0.3 is 0 Å². The van der Waals surface area contributed by atoms with Crippen molar-refractivity contribution >= 4 is 11.4 Å². The van der Waals surface area contributed by atoms with Crippen molar-refractivity contribution in [2.45, 2.75) is 63.6 Å². The summed E-state index contributed by atoms with van der Waals surface area (Å²) >= 11 is 0. The van der Waals surface area contributed by atoms with Crippen LogP contribution in [0.25, 0.3) is 0 Å². The number of hydrogen-bond acceptors (Lipinski definition) is 5. The van der Waals surface area contributed by atoms with E-state index in [1.807, 2.05) is 20.1 Å². The third kappa shape index (κ3) is 4.50. The maximum atomic E-state index is 11.2. The van der Waals surface area contributed by atoms with Gasteiger partial charge in [0.25, 0.3) is 5.69 Å². The van der Waals surface area contributed by atoms with Crippen molar-refractivity contribution in [3.8, 4) is 0 Å². The molecule has 6 heteroatoms. The smallest absolute Gasteiger partial charge is 0.292 e. The molecule has 1 saturated heterocycles. The van der Waals surface area contributed by atoms with Crippen molar-refractivity contribution in [2.24, 2.45) is 0 Å². The van der Waals surface area contributed by atoms with E-state index in [0.29, 0.717) is 23.9 Å². The first-order chi connectivity index (χ1) is 12.1. The van der Waals surface area contributed by atoms with E-state index in [2.05, 4.69) is 10.2 Å². The van der Waals surface area contributed by atoms with Crippen LogP contribution in [-0.2, 0) is 4.74 Å². The number of aryl methyl sites for hydroxylation is 1. The van der Waals surface area contributed by atoms with Crippen LogP contribution in [0.1, 0.15) is 44.1 Å². The van der Waals surface area contributed by atoms with E-state index in [1.165, 1.54) is 19.3 Å². The molecule has 1 saturated carbocycles. The molecule has 1 aromatic carbocycles. The van der Waals surface area contributed by atoms with E-state index in [1.54, 1.807) is 12.1 Å². The number of rotatable bonds is 5. The normalized spacial score (nSPS) is 25.7. The number of likely N-dealkylation sites (tertiary alicyclic amines) is 1. The van der Waals surface area contributed by atoms with Gasteiger partial charge in [0.1, 0.15) is 5.69 Å². The summed E-state index contributed by atoms with van der Waals surface area (Å²) in [5.41, 5.74) is 1.86. The molecule has 2 aliphatic rings. The van der Waals surface area contributed by atoms with Crippen LogP contribution >= 0.6 is 0 Å². The molecule has 0 amide bonds. The highest BCUT2D eigenvalue weighted by Gasteiger charge is 2.30. The fourth-order valence-electron chi connectivity index (χ4n) is 4.22. The molecule has 1 aromatic rings. The summed E-state index contributed by atoms with van der Waals surface area (Å²) in [6.45, 7) is 4.07. The monoisotopic (exact) mass is 347 g/mol. The van der Waals surface area contributed by atoms with Crippen LogP contribution in [0.5, 0.6) is 0 Å². The number of methoxy groups -OCH3 is 1. The number of piperidine rings is 1. The molecule has 1 aliphatic carbocycles. The molecule has 2 fully saturated rings. The van der Waals surface area contributed by atoms with Crippen LogP contribution < -0.4 is 5.32 Å². The molecule has 0 aromatic heterocycles. The number of nitro groups is 1. The third-order valence-electron chi connectivity index (χ3n) is 5.69. The standard InChI is InChI=1S/C19H29N3O3/c1-14-6-7-19(22(23)24)18(12-14)20-15-8-10-21(11-9-15)16-4-3-5-17(13-16)25-2/h6-7,12,15-17,20H,3-5,8-11,13H2,1-2H3/t16-,17-/m0/s1. The van der Waals surface area contributed by atoms with Gasteiger partial charge in [0.2, 0.25) is 0 Å². The van der Waals surface area contributed by atoms with Crippen molar-refractivity contribution in [1.29, 1.82) is 0 Å². The lowest BCUT2D eigenvalue weighted by atomic mass is 9.90. The Morgan fingerprint density at radius 2 is 2.00 bits per heavy atom. The number of hydrogen-bond donors (Lipinski definition) is 1. The van der Waals surface area contributed by atoms with Crippen LogP contribution in [0.4, 0.5) is 11.4 Å². The second-order valence-corrected chi connectivity index (χ2v) is 7.41. The first-order valence-corrected chi connectivity index (χ1v) is 9.35. The summed E-state index contributed by atoms with van der Waals surface area (Å²) in [6.07, 6.45) is 7.29. The van der Waals surface area contributed by atoms with Crippen molar-refractivity contribution in [3.63, 3.8) is 0 Å². The topological polar surface area (TPSA) is 67.6 Å². The number of nitrogens with one attached hydrogen (secondary N) is 1. The molecule has 138 valence electrons. The maximum absolute atomic E-state index is 11.2. The summed E-state index contributed by atoms with van der Waals surface area (Å²) in [7, 11) is 1.82. The van der Waals surface area contributed by atoms with Crippen molar-refractivity contribution in [1.82, 2.24) is 4.90 Å². The largest absolute Gasteiger partial charge is 0.381 e. The summed E-state index contributed by atoms with van der Waals surface area (Å²) in [5, 5.41) is 14.7. The van der Waals surface area contributed by atoms with Gasteiger partial charge in [-0.2, -0.15) is 0 Å². The van der Waals surface area contributed by atoms with Crippen LogP contribution in [0.2, 0.25) is 0 Å². The van der Waals surface area contributed by atoms with Crippen LogP contribution in [0.3, 0.4) is 0 Å². The zero-order valence-corrected chi connectivity index (χ0v) is 15.2. The zero-order chi connectivity index (χ0) is 17.8. The van der Waals surface area contributed by atoms with E-state index in [4.69, 9.17) is 4.74 Å². The Morgan fingerprint density at radius 1 is 1.24 bits per heavy atom. The minimum absolute atomic E-state index is 0.170. The van der Waals surface area contributed by atoms with Gasteiger partial charge < -0.3 is 15.0 Å². The number of anilines is 1. The van der Waals surface area contributed by atoms with Gasteiger partial charge in [0, 0.05) is 38.3 Å². The van der Waals surface area contributed by atoms with E-state index in [0.717, 1.165) is 37.9 Å². The molecule has 0 spiro atoms. The van der Waals surface area contributed by atoms with Gasteiger partial charge in [-0.3, -0.25) is 10.1 Å². The van der Waals surface area contributed by atoms with Crippen LogP contribution in [0.15, 0.2) is 18.2 Å². The Morgan fingerprint density at radius 3 is 2.68 bits per heavy atom. The third-order valence-corrected chi connectivity index (χ3v) is 5.69. The highest BCUT2D eigenvalue weighted by molar-refractivity contribution is 5.63. The van der Waals surface area contributed by atoms with Gasteiger partial charge in [0.15, 0.2) is 0 Å². The average Bonchev–Trinajstić information content (AvgIpc) is 2.62. The Hall–Kier alpha value is -1.66. The molecule has 1 N–H and O–H groups in total. The fraction of sp³-hybridized carbons (Fsp3) is 0.684. The predicted molar refractivity (Wildman–Crippen MR) is 99.1 cm³/mol. The number of benzene rings is 1. The summed E-state index contributed by atoms with van der Waals surface area (Å²) in [4.78, 5) is 13.5. The first-order valence-electron chi connectivity index (χ1n) is 9.35. The van der Waals surface area contributed by atoms with Crippen molar-refractivity contribution in [3.05, 3.63) is 33.9 Å². The molecule has 2 atom stereocenters. The zero-order valence-electron chi connectivity index (χ0n) is 15.2. The van der Waals surface area contributed by atoms with Gasteiger partial charge in [-0.15, -0.1) is 0 Å². The van der Waals surface area contributed by atoms with Gasteiger partial charge in [-0.1, -0.05) is 6.07 Å². The highest BCUT2D eigenvalue weighted by Crippen LogP contribution is 2.30. The van der Waals surface area contributed by atoms with Gasteiger partial charge in [-0.05, 0) is 57.1 Å². The van der Waals surface area contributed by atoms with E-state index < -0.39 is 0 Å². The second kappa shape index (κ2) is 8.15. The Balaban J connectivity index is 1.56. The Bertz CT molecular complexity index is 600. The quantitative estimate of drug-likeness (QED) is 0.649. The molecule has 25 heavy (non-hydrogen) atoms. The average molecular weight is 347 g/mol. The first kappa shape index (κ1) is 18.1. The maximum Gasteiger partial charge on any atom is 0.292 e. The Kier molecular flexibility index (Phi) is 5.91. The van der Waals surface area contributed by atoms with Crippen molar-refractivity contribution < 1.29 is 9.66 Å². The molecule has 6 nitrogen and oxygen atoms in total. The Labute approximate surface area is 149 Å². The minimum atomic E-state index is -0.302. The molecule has 0 radical (unpaired) electrons. The van der Waals surface area contributed by atoms with E-state index in [-0.39, 0.29) is 10.6 Å². The highest BCUT2D eigenvalue weighted by atomic mass is 16.6. The molecule has 0 bridgehead atoms. The van der Waals surface area contributed by atoms with Crippen LogP contribution in [-0.4, -0.2) is 48.2 Å². The lowest BCUT2D eigenvalue weighted by Crippen LogP contribution is -2.47. The van der Waals surface area contributed by atoms with Gasteiger partial charge in [-0.25, -0.2) is 0 Å². The molecular weight excluding hydrogens is 318 g/mol. The minimum Gasteiger partial charge on any atom is -0.381 e. The van der Waals surface area contributed by atoms with Crippen molar-refractivity contribution in [2.75, 3.05) is 25.5 Å². The molecular formula is C19H29N3O3. The molecule has 0 unspecified atom stereocenters. The van der Waals surface area contributed by atoms with Gasteiger partial charge in [0.05, 0.1) is 11.0 Å². The molecule has 3 rings (SSSR count). The lowest BCUT2D eigenvalue weighted by molar-refractivity contribution is -0.384. The lowest BCUT2D eigenvalue weighted by Gasteiger charge is -2.41. The SMILES string of the molecule is CO[C@H]1CCC[C@H](N2CCC(Nc3cc(C)ccc3[N+](=O)[O-])CC2)C1. The molecule has 1 aliphatic heterocycles.